The van der Waals surface area contributed by atoms with Crippen LogP contribution < -0.4 is 15.8 Å². The third-order valence-electron chi connectivity index (χ3n) is 3.58. The van der Waals surface area contributed by atoms with E-state index in [-0.39, 0.29) is 16.5 Å². The summed E-state index contributed by atoms with van der Waals surface area (Å²) in [6.07, 6.45) is -1.69. The molecule has 1 aromatic carbocycles. The summed E-state index contributed by atoms with van der Waals surface area (Å²) in [4.78, 5) is 7.58. The molecule has 4 N–H and O–H groups in total. The summed E-state index contributed by atoms with van der Waals surface area (Å²) in [7, 11) is -2.33. The molecule has 0 aliphatic rings. The quantitative estimate of drug-likeness (QED) is 0.583. The van der Waals surface area contributed by atoms with Crippen molar-refractivity contribution in [2.75, 3.05) is 18.1 Å². The molecule has 0 spiro atoms. The van der Waals surface area contributed by atoms with Gasteiger partial charge >= 0.3 is 6.18 Å². The van der Waals surface area contributed by atoms with E-state index in [9.17, 15) is 21.6 Å². The van der Waals surface area contributed by atoms with Gasteiger partial charge in [0, 0.05) is 11.9 Å². The van der Waals surface area contributed by atoms with E-state index >= 15 is 0 Å². The van der Waals surface area contributed by atoms with Crippen molar-refractivity contribution in [1.82, 2.24) is 24.5 Å². The number of alkyl halides is 3. The Morgan fingerprint density at radius 2 is 1.82 bits per heavy atom. The molecule has 13 heteroatoms. The highest BCUT2D eigenvalue weighted by molar-refractivity contribution is 7.89. The number of hydrogen-bond acceptors (Lipinski definition) is 7. The van der Waals surface area contributed by atoms with Crippen molar-refractivity contribution >= 4 is 27.3 Å². The fourth-order valence-electron chi connectivity index (χ4n) is 2.22. The summed E-state index contributed by atoms with van der Waals surface area (Å²) in [5.41, 5.74) is 4.98. The molecule has 0 fully saturated rings. The highest BCUT2D eigenvalue weighted by Gasteiger charge is 2.36. The van der Waals surface area contributed by atoms with Gasteiger partial charge in [-0.15, -0.1) is 0 Å². The van der Waals surface area contributed by atoms with Crippen LogP contribution in [0.2, 0.25) is 0 Å². The van der Waals surface area contributed by atoms with Crippen LogP contribution in [0.25, 0.3) is 5.82 Å². The molecule has 9 nitrogen and oxygen atoms in total. The summed E-state index contributed by atoms with van der Waals surface area (Å²) in [6.45, 7) is 0. The van der Waals surface area contributed by atoms with E-state index < -0.39 is 27.6 Å². The molecular formula is C15H14F3N7O2S. The van der Waals surface area contributed by atoms with Crippen molar-refractivity contribution in [3.63, 3.8) is 0 Å². The number of anilines is 3. The van der Waals surface area contributed by atoms with Crippen molar-refractivity contribution < 1.29 is 21.6 Å². The highest BCUT2D eigenvalue weighted by Crippen LogP contribution is 2.33. The number of sulfonamides is 1. The first-order valence-corrected chi connectivity index (χ1v) is 9.14. The van der Waals surface area contributed by atoms with Crippen molar-refractivity contribution in [2.45, 2.75) is 11.1 Å². The third-order valence-corrected chi connectivity index (χ3v) is 5.01. The van der Waals surface area contributed by atoms with E-state index in [1.807, 2.05) is 0 Å². The predicted molar refractivity (Wildman–Crippen MR) is 94.5 cm³/mol. The summed E-state index contributed by atoms with van der Waals surface area (Å²) in [6, 6.07) is 5.51. The Labute approximate surface area is 157 Å². The van der Waals surface area contributed by atoms with Crippen LogP contribution in [0, 0.1) is 0 Å². The zero-order valence-electron chi connectivity index (χ0n) is 14.3. The van der Waals surface area contributed by atoms with Gasteiger partial charge in [0.15, 0.2) is 5.82 Å². The lowest BCUT2D eigenvalue weighted by atomic mass is 10.3. The van der Waals surface area contributed by atoms with Gasteiger partial charge in [0.1, 0.15) is 5.56 Å². The number of benzene rings is 1. The number of nitrogens with one attached hydrogen (secondary N) is 2. The second-order valence-corrected chi connectivity index (χ2v) is 7.39. The summed E-state index contributed by atoms with van der Waals surface area (Å²) in [5, 5.41) is 6.48. The first-order valence-electron chi connectivity index (χ1n) is 7.65. The van der Waals surface area contributed by atoms with Crippen molar-refractivity contribution in [3.05, 3.63) is 48.4 Å². The molecule has 28 heavy (non-hydrogen) atoms. The van der Waals surface area contributed by atoms with Crippen molar-refractivity contribution in [2.24, 2.45) is 0 Å². The maximum atomic E-state index is 13.3. The Balaban J connectivity index is 1.95. The number of aromatic nitrogens is 4. The molecule has 0 radical (unpaired) electrons. The lowest BCUT2D eigenvalue weighted by Crippen LogP contribution is -2.18. The molecule has 3 aromatic rings. The Kier molecular flexibility index (Phi) is 4.95. The van der Waals surface area contributed by atoms with Gasteiger partial charge in [-0.05, 0) is 31.3 Å². The van der Waals surface area contributed by atoms with Gasteiger partial charge in [0.2, 0.25) is 16.0 Å². The molecule has 0 bridgehead atoms. The van der Waals surface area contributed by atoms with Crippen LogP contribution in [0.1, 0.15) is 5.56 Å². The molecule has 0 amide bonds. The second kappa shape index (κ2) is 7.09. The molecule has 0 aliphatic heterocycles. The number of halogens is 3. The minimum atomic E-state index is -4.70. The molecule has 0 aliphatic carbocycles. The average Bonchev–Trinajstić information content (AvgIpc) is 3.07. The zero-order chi connectivity index (χ0) is 20.5. The van der Waals surface area contributed by atoms with Crippen LogP contribution in [0.4, 0.5) is 30.5 Å². The van der Waals surface area contributed by atoms with E-state index in [0.717, 1.165) is 4.68 Å². The highest BCUT2D eigenvalue weighted by atomic mass is 32.2. The first kappa shape index (κ1) is 19.6. The Morgan fingerprint density at radius 3 is 2.36 bits per heavy atom. The maximum absolute atomic E-state index is 13.3. The van der Waals surface area contributed by atoms with Crippen LogP contribution in [-0.2, 0) is 16.2 Å². The first-order chi connectivity index (χ1) is 13.1. The molecule has 3 rings (SSSR count). The molecule has 0 atom stereocenters. The number of nitrogen functional groups attached to an aromatic ring is 1. The lowest BCUT2D eigenvalue weighted by molar-refractivity contribution is -0.138. The average molecular weight is 413 g/mol. The lowest BCUT2D eigenvalue weighted by Gasteiger charge is -2.13. The van der Waals surface area contributed by atoms with E-state index in [1.54, 1.807) is 0 Å². The predicted octanol–water partition coefficient (Wildman–Crippen LogP) is 1.91. The van der Waals surface area contributed by atoms with E-state index in [1.165, 1.54) is 43.7 Å². The molecule has 148 valence electrons. The smallest absolute Gasteiger partial charge is 0.396 e. The van der Waals surface area contributed by atoms with Gasteiger partial charge in [0.25, 0.3) is 0 Å². The molecule has 2 heterocycles. The monoisotopic (exact) mass is 413 g/mol. The van der Waals surface area contributed by atoms with Gasteiger partial charge in [-0.2, -0.15) is 23.3 Å². The molecule has 2 aromatic heterocycles. The normalized spacial score (nSPS) is 12.1. The van der Waals surface area contributed by atoms with Gasteiger partial charge in [-0.25, -0.2) is 22.8 Å². The van der Waals surface area contributed by atoms with E-state index in [0.29, 0.717) is 11.9 Å². The zero-order valence-corrected chi connectivity index (χ0v) is 15.1. The fraction of sp³-hybridized carbons (Fsp3) is 0.133. The molecule has 0 saturated carbocycles. The number of rotatable bonds is 5. The Hall–Kier alpha value is -3.19. The largest absolute Gasteiger partial charge is 0.421 e. The summed E-state index contributed by atoms with van der Waals surface area (Å²) < 4.78 is 66.3. The van der Waals surface area contributed by atoms with Crippen LogP contribution >= 0.6 is 0 Å². The molecule has 0 unspecified atom stereocenters. The second-order valence-electron chi connectivity index (χ2n) is 5.50. The van der Waals surface area contributed by atoms with Crippen molar-refractivity contribution in [3.8, 4) is 5.82 Å². The van der Waals surface area contributed by atoms with Gasteiger partial charge in [0.05, 0.1) is 23.0 Å². The van der Waals surface area contributed by atoms with Crippen LogP contribution in [0.3, 0.4) is 0 Å². The Morgan fingerprint density at radius 1 is 1.14 bits per heavy atom. The number of hydrogen-bond donors (Lipinski definition) is 3. The fourth-order valence-corrected chi connectivity index (χ4v) is 2.95. The topological polar surface area (TPSA) is 128 Å². The van der Waals surface area contributed by atoms with Gasteiger partial charge in [-0.1, -0.05) is 0 Å². The van der Waals surface area contributed by atoms with Gasteiger partial charge < -0.3 is 11.1 Å². The van der Waals surface area contributed by atoms with E-state index in [4.69, 9.17) is 5.73 Å². The summed E-state index contributed by atoms with van der Waals surface area (Å²) >= 11 is 0. The minimum Gasteiger partial charge on any atom is -0.396 e. The van der Waals surface area contributed by atoms with E-state index in [2.05, 4.69) is 25.1 Å². The minimum absolute atomic E-state index is 0.0293. The number of nitrogens with two attached hydrogens (primary N) is 1. The Bertz CT molecular complexity index is 1100. The third kappa shape index (κ3) is 4.04. The van der Waals surface area contributed by atoms with Crippen LogP contribution in [0.15, 0.2) is 47.8 Å². The standard InChI is InChI=1S/C15H14F3N7O2S/c1-20-28(26,27)11-4-2-10(3-5-11)23-14-21-7-12(15(16,17)18)13(24-14)25-8-9(19)6-22-25/h2-8,20H,19H2,1H3,(H,21,23,24). The maximum Gasteiger partial charge on any atom is 0.421 e. The van der Waals surface area contributed by atoms with Crippen LogP contribution in [0.5, 0.6) is 0 Å². The SMILES string of the molecule is CNS(=O)(=O)c1ccc(Nc2ncc(C(F)(F)F)c(-n3cc(N)cn3)n2)cc1. The van der Waals surface area contributed by atoms with Crippen molar-refractivity contribution in [1.29, 1.82) is 0 Å². The number of nitrogens with zero attached hydrogens (tertiary/aromatic N) is 4. The molecular weight excluding hydrogens is 399 g/mol. The molecule has 0 saturated heterocycles. The van der Waals surface area contributed by atoms with Gasteiger partial charge in [-0.3, -0.25) is 0 Å². The van der Waals surface area contributed by atoms with Crippen LogP contribution in [-0.4, -0.2) is 35.2 Å². The summed E-state index contributed by atoms with van der Waals surface area (Å²) in [5.74, 6) is -0.641.